The largest absolute Gasteiger partial charge is 0.399 e. The van der Waals surface area contributed by atoms with E-state index in [9.17, 15) is 0 Å². The molecule has 1 aromatic heterocycles. The van der Waals surface area contributed by atoms with Gasteiger partial charge in [-0.3, -0.25) is 0 Å². The summed E-state index contributed by atoms with van der Waals surface area (Å²) in [4.78, 5) is 4.55. The van der Waals surface area contributed by atoms with Gasteiger partial charge < -0.3 is 15.8 Å². The van der Waals surface area contributed by atoms with Crippen LogP contribution in [-0.4, -0.2) is 24.2 Å². The first-order valence-corrected chi connectivity index (χ1v) is 7.05. The standard InChI is InChI=1S/C13H17N3OS/c1-8-9(4-5-17-8)7-15-13-16-11-3-2-10(14)6-12(11)18-13/h2-3,6,8-9H,4-5,7,14H2,1H3,(H,15,16). The fourth-order valence-electron chi connectivity index (χ4n) is 2.28. The number of ether oxygens (including phenoxy) is 1. The van der Waals surface area contributed by atoms with Crippen molar-refractivity contribution in [1.82, 2.24) is 4.98 Å². The Morgan fingerprint density at radius 1 is 1.56 bits per heavy atom. The zero-order chi connectivity index (χ0) is 12.5. The number of hydrogen-bond acceptors (Lipinski definition) is 5. The van der Waals surface area contributed by atoms with Crippen molar-refractivity contribution in [3.8, 4) is 0 Å². The minimum Gasteiger partial charge on any atom is -0.399 e. The molecule has 5 heteroatoms. The quantitative estimate of drug-likeness (QED) is 0.836. The molecular weight excluding hydrogens is 246 g/mol. The average Bonchev–Trinajstić information content (AvgIpc) is 2.92. The molecule has 2 atom stereocenters. The summed E-state index contributed by atoms with van der Waals surface area (Å²) < 4.78 is 6.69. The van der Waals surface area contributed by atoms with Gasteiger partial charge in [-0.25, -0.2) is 4.98 Å². The second-order valence-corrected chi connectivity index (χ2v) is 5.78. The lowest BCUT2D eigenvalue weighted by Crippen LogP contribution is -2.20. The molecular formula is C13H17N3OS. The van der Waals surface area contributed by atoms with Crippen molar-refractivity contribution in [2.75, 3.05) is 24.2 Å². The fraction of sp³-hybridized carbons (Fsp3) is 0.462. The predicted molar refractivity (Wildman–Crippen MR) is 76.0 cm³/mol. The molecule has 2 heterocycles. The zero-order valence-corrected chi connectivity index (χ0v) is 11.2. The summed E-state index contributed by atoms with van der Waals surface area (Å²) in [6.07, 6.45) is 1.48. The van der Waals surface area contributed by atoms with E-state index in [4.69, 9.17) is 10.5 Å². The van der Waals surface area contributed by atoms with Crippen molar-refractivity contribution < 1.29 is 4.74 Å². The Morgan fingerprint density at radius 3 is 3.22 bits per heavy atom. The molecule has 1 aliphatic heterocycles. The van der Waals surface area contributed by atoms with Crippen LogP contribution in [0.5, 0.6) is 0 Å². The first-order valence-electron chi connectivity index (χ1n) is 6.24. The number of fused-ring (bicyclic) bond motifs is 1. The highest BCUT2D eigenvalue weighted by Gasteiger charge is 2.23. The van der Waals surface area contributed by atoms with Gasteiger partial charge in [0.15, 0.2) is 5.13 Å². The highest BCUT2D eigenvalue weighted by atomic mass is 32.1. The summed E-state index contributed by atoms with van der Waals surface area (Å²) in [5, 5.41) is 4.38. The van der Waals surface area contributed by atoms with Gasteiger partial charge in [-0.15, -0.1) is 0 Å². The van der Waals surface area contributed by atoms with E-state index in [-0.39, 0.29) is 0 Å². The van der Waals surface area contributed by atoms with Crippen LogP contribution in [0.3, 0.4) is 0 Å². The van der Waals surface area contributed by atoms with Crippen molar-refractivity contribution in [3.63, 3.8) is 0 Å². The second-order valence-electron chi connectivity index (χ2n) is 4.75. The summed E-state index contributed by atoms with van der Waals surface area (Å²) in [5.41, 5.74) is 7.56. The number of nitrogens with zero attached hydrogens (tertiary/aromatic N) is 1. The molecule has 3 N–H and O–H groups in total. The third-order valence-electron chi connectivity index (χ3n) is 3.46. The predicted octanol–water partition coefficient (Wildman–Crippen LogP) is 2.72. The van der Waals surface area contributed by atoms with Crippen LogP contribution in [0.25, 0.3) is 10.2 Å². The number of nitrogens with one attached hydrogen (secondary N) is 1. The molecule has 2 unspecified atom stereocenters. The van der Waals surface area contributed by atoms with E-state index in [1.54, 1.807) is 11.3 Å². The van der Waals surface area contributed by atoms with E-state index in [1.807, 2.05) is 18.2 Å². The van der Waals surface area contributed by atoms with Crippen LogP contribution in [-0.2, 0) is 4.74 Å². The van der Waals surface area contributed by atoms with E-state index in [0.717, 1.165) is 40.6 Å². The van der Waals surface area contributed by atoms with Crippen LogP contribution in [0.2, 0.25) is 0 Å². The maximum Gasteiger partial charge on any atom is 0.183 e. The third kappa shape index (κ3) is 2.28. The number of aromatic nitrogens is 1. The summed E-state index contributed by atoms with van der Waals surface area (Å²) in [5.74, 6) is 0.585. The van der Waals surface area contributed by atoms with Gasteiger partial charge in [0.25, 0.3) is 0 Å². The summed E-state index contributed by atoms with van der Waals surface area (Å²) in [7, 11) is 0. The number of benzene rings is 1. The summed E-state index contributed by atoms with van der Waals surface area (Å²) in [6, 6.07) is 5.83. The molecule has 0 spiro atoms. The molecule has 1 aromatic carbocycles. The van der Waals surface area contributed by atoms with Crippen molar-refractivity contribution in [2.45, 2.75) is 19.4 Å². The van der Waals surface area contributed by atoms with Crippen molar-refractivity contribution >= 4 is 32.4 Å². The number of hydrogen-bond donors (Lipinski definition) is 2. The minimum absolute atomic E-state index is 0.350. The van der Waals surface area contributed by atoms with E-state index < -0.39 is 0 Å². The normalized spacial score (nSPS) is 23.6. The van der Waals surface area contributed by atoms with E-state index in [1.165, 1.54) is 0 Å². The van der Waals surface area contributed by atoms with Gasteiger partial charge in [0.2, 0.25) is 0 Å². The Bertz CT molecular complexity index is 554. The number of nitrogens with two attached hydrogens (primary N) is 1. The second kappa shape index (κ2) is 4.74. The number of rotatable bonds is 3. The van der Waals surface area contributed by atoms with Crippen LogP contribution in [0.15, 0.2) is 18.2 Å². The topological polar surface area (TPSA) is 60.2 Å². The Kier molecular flexibility index (Phi) is 3.09. The Hall–Kier alpha value is -1.33. The van der Waals surface area contributed by atoms with Crippen LogP contribution in [0, 0.1) is 5.92 Å². The molecule has 4 nitrogen and oxygen atoms in total. The lowest BCUT2D eigenvalue weighted by Gasteiger charge is -2.13. The zero-order valence-electron chi connectivity index (χ0n) is 10.3. The molecule has 0 aliphatic carbocycles. The average molecular weight is 263 g/mol. The molecule has 1 fully saturated rings. The Balaban J connectivity index is 1.71. The van der Waals surface area contributed by atoms with Crippen LogP contribution < -0.4 is 11.1 Å². The highest BCUT2D eigenvalue weighted by molar-refractivity contribution is 7.22. The molecule has 2 aromatic rings. The molecule has 0 saturated carbocycles. The lowest BCUT2D eigenvalue weighted by atomic mass is 10.0. The van der Waals surface area contributed by atoms with Gasteiger partial charge in [0.05, 0.1) is 16.3 Å². The van der Waals surface area contributed by atoms with Gasteiger partial charge in [-0.1, -0.05) is 11.3 Å². The molecule has 18 heavy (non-hydrogen) atoms. The monoisotopic (exact) mass is 263 g/mol. The van der Waals surface area contributed by atoms with E-state index in [0.29, 0.717) is 12.0 Å². The summed E-state index contributed by atoms with van der Waals surface area (Å²) in [6.45, 7) is 3.94. The molecule has 3 rings (SSSR count). The lowest BCUT2D eigenvalue weighted by molar-refractivity contribution is 0.108. The van der Waals surface area contributed by atoms with Gasteiger partial charge in [0.1, 0.15) is 0 Å². The van der Waals surface area contributed by atoms with Crippen molar-refractivity contribution in [2.24, 2.45) is 5.92 Å². The number of anilines is 2. The van der Waals surface area contributed by atoms with Gasteiger partial charge in [0, 0.05) is 24.8 Å². The van der Waals surface area contributed by atoms with Crippen LogP contribution in [0.1, 0.15) is 13.3 Å². The van der Waals surface area contributed by atoms with E-state index >= 15 is 0 Å². The van der Waals surface area contributed by atoms with Crippen molar-refractivity contribution in [1.29, 1.82) is 0 Å². The maximum absolute atomic E-state index is 5.77. The molecule has 0 bridgehead atoms. The van der Waals surface area contributed by atoms with Gasteiger partial charge in [-0.05, 0) is 31.5 Å². The van der Waals surface area contributed by atoms with Crippen molar-refractivity contribution in [3.05, 3.63) is 18.2 Å². The molecule has 0 amide bonds. The first-order chi connectivity index (χ1) is 8.72. The summed E-state index contributed by atoms with van der Waals surface area (Å²) >= 11 is 1.65. The number of nitrogen functional groups attached to an aromatic ring is 1. The number of thiazole rings is 1. The molecule has 96 valence electrons. The van der Waals surface area contributed by atoms with Crippen LogP contribution >= 0.6 is 11.3 Å². The van der Waals surface area contributed by atoms with Gasteiger partial charge >= 0.3 is 0 Å². The fourth-order valence-corrected chi connectivity index (χ4v) is 3.20. The SMILES string of the molecule is CC1OCCC1CNc1nc2ccc(N)cc2s1. The molecule has 0 radical (unpaired) electrons. The molecule has 1 aliphatic rings. The maximum atomic E-state index is 5.77. The Morgan fingerprint density at radius 2 is 2.44 bits per heavy atom. The van der Waals surface area contributed by atoms with Gasteiger partial charge in [-0.2, -0.15) is 0 Å². The Labute approximate surface area is 110 Å². The highest BCUT2D eigenvalue weighted by Crippen LogP contribution is 2.28. The van der Waals surface area contributed by atoms with Crippen LogP contribution in [0.4, 0.5) is 10.8 Å². The smallest absolute Gasteiger partial charge is 0.183 e. The van der Waals surface area contributed by atoms with E-state index in [2.05, 4.69) is 17.2 Å². The first kappa shape index (κ1) is 11.7. The molecule has 1 saturated heterocycles. The minimum atomic E-state index is 0.350. The third-order valence-corrected chi connectivity index (χ3v) is 4.44.